The normalized spacial score (nSPS) is 12.2. The molecule has 1 amide bonds. The van der Waals surface area contributed by atoms with Crippen molar-refractivity contribution in [2.45, 2.75) is 6.17 Å². The van der Waals surface area contributed by atoms with Gasteiger partial charge in [0.05, 0.1) is 5.52 Å². The second-order valence-corrected chi connectivity index (χ2v) is 4.12. The lowest BCUT2D eigenvalue weighted by atomic mass is 10.1. The average Bonchev–Trinajstić information content (AvgIpc) is 2.89. The van der Waals surface area contributed by atoms with Crippen molar-refractivity contribution in [3.63, 3.8) is 0 Å². The summed E-state index contributed by atoms with van der Waals surface area (Å²) < 4.78 is 1.71. The molecule has 94 valence electrons. The number of nitrogens with one attached hydrogen (secondary N) is 1. The van der Waals surface area contributed by atoms with E-state index in [9.17, 15) is 4.79 Å². The number of para-hydroxylation sites is 1. The molecule has 5 nitrogen and oxygen atoms in total. The van der Waals surface area contributed by atoms with Crippen LogP contribution in [-0.4, -0.2) is 21.4 Å². The van der Waals surface area contributed by atoms with Crippen molar-refractivity contribution in [3.8, 4) is 0 Å². The summed E-state index contributed by atoms with van der Waals surface area (Å²) in [5.41, 5.74) is 2.63. The number of carbonyl (C=O) groups is 1. The molecule has 0 aliphatic carbocycles. The quantitative estimate of drug-likeness (QED) is 0.719. The second-order valence-electron chi connectivity index (χ2n) is 4.12. The highest BCUT2D eigenvalue weighted by atomic mass is 16.1. The van der Waals surface area contributed by atoms with Crippen LogP contribution in [0.5, 0.6) is 0 Å². The van der Waals surface area contributed by atoms with Crippen molar-refractivity contribution in [3.05, 3.63) is 60.2 Å². The van der Waals surface area contributed by atoms with Crippen molar-refractivity contribution < 1.29 is 4.79 Å². The molecular formula is C14H12N4O. The fourth-order valence-corrected chi connectivity index (χ4v) is 2.09. The molecule has 0 fully saturated rings. The van der Waals surface area contributed by atoms with Crippen LogP contribution in [0, 0.1) is 0 Å². The number of hydrogen-bond acceptors (Lipinski definition) is 3. The van der Waals surface area contributed by atoms with E-state index in [-0.39, 0.29) is 6.17 Å². The van der Waals surface area contributed by atoms with Crippen LogP contribution >= 0.6 is 0 Å². The molecule has 3 rings (SSSR count). The highest BCUT2D eigenvalue weighted by Gasteiger charge is 2.16. The fourth-order valence-electron chi connectivity index (χ4n) is 2.09. The zero-order chi connectivity index (χ0) is 13.1. The van der Waals surface area contributed by atoms with Crippen LogP contribution < -0.4 is 5.32 Å². The summed E-state index contributed by atoms with van der Waals surface area (Å²) in [6.45, 7) is 0. The first-order valence-corrected chi connectivity index (χ1v) is 5.95. The van der Waals surface area contributed by atoms with Crippen LogP contribution in [0.2, 0.25) is 0 Å². The molecule has 5 heteroatoms. The highest BCUT2D eigenvalue weighted by molar-refractivity contribution is 5.74. The zero-order valence-electron chi connectivity index (χ0n) is 10.1. The van der Waals surface area contributed by atoms with Gasteiger partial charge in [-0.3, -0.25) is 4.79 Å². The molecule has 3 aromatic rings. The Kier molecular flexibility index (Phi) is 2.94. The van der Waals surface area contributed by atoms with E-state index in [1.807, 2.05) is 54.6 Å². The van der Waals surface area contributed by atoms with Gasteiger partial charge in [0.25, 0.3) is 0 Å². The van der Waals surface area contributed by atoms with Crippen LogP contribution in [0.1, 0.15) is 11.7 Å². The average molecular weight is 252 g/mol. The van der Waals surface area contributed by atoms with Crippen LogP contribution in [-0.2, 0) is 4.79 Å². The Balaban J connectivity index is 2.12. The Labute approximate surface area is 109 Å². The lowest BCUT2D eigenvalue weighted by Crippen LogP contribution is -2.27. The lowest BCUT2D eigenvalue weighted by Gasteiger charge is -2.17. The van der Waals surface area contributed by atoms with Gasteiger partial charge in [-0.05, 0) is 17.7 Å². The number of rotatable bonds is 4. The summed E-state index contributed by atoms with van der Waals surface area (Å²) in [6, 6.07) is 17.3. The lowest BCUT2D eigenvalue weighted by molar-refractivity contribution is -0.110. The van der Waals surface area contributed by atoms with Gasteiger partial charge in [0.1, 0.15) is 5.52 Å². The summed E-state index contributed by atoms with van der Waals surface area (Å²) >= 11 is 0. The molecule has 0 radical (unpaired) electrons. The van der Waals surface area contributed by atoms with Crippen molar-refractivity contribution in [1.82, 2.24) is 20.3 Å². The van der Waals surface area contributed by atoms with Crippen LogP contribution in [0.15, 0.2) is 54.6 Å². The Morgan fingerprint density at radius 1 is 1.05 bits per heavy atom. The van der Waals surface area contributed by atoms with Gasteiger partial charge >= 0.3 is 0 Å². The molecule has 0 saturated carbocycles. The first kappa shape index (κ1) is 11.4. The monoisotopic (exact) mass is 252 g/mol. The maximum absolute atomic E-state index is 10.8. The third-order valence-electron chi connectivity index (χ3n) is 2.96. The molecule has 0 bridgehead atoms. The molecule has 0 aliphatic rings. The van der Waals surface area contributed by atoms with Gasteiger partial charge in [0, 0.05) is 0 Å². The van der Waals surface area contributed by atoms with Crippen LogP contribution in [0.3, 0.4) is 0 Å². The van der Waals surface area contributed by atoms with Gasteiger partial charge in [0.2, 0.25) is 6.41 Å². The van der Waals surface area contributed by atoms with Crippen molar-refractivity contribution in [1.29, 1.82) is 0 Å². The highest BCUT2D eigenvalue weighted by Crippen LogP contribution is 2.19. The molecule has 2 aromatic carbocycles. The summed E-state index contributed by atoms with van der Waals surface area (Å²) in [5, 5.41) is 11.0. The first-order chi connectivity index (χ1) is 9.40. The van der Waals surface area contributed by atoms with Crippen LogP contribution in [0.4, 0.5) is 0 Å². The number of aromatic nitrogens is 3. The van der Waals surface area contributed by atoms with E-state index in [2.05, 4.69) is 15.6 Å². The van der Waals surface area contributed by atoms with Gasteiger partial charge in [-0.25, -0.2) is 4.68 Å². The third kappa shape index (κ3) is 2.06. The van der Waals surface area contributed by atoms with Crippen molar-refractivity contribution in [2.24, 2.45) is 0 Å². The topological polar surface area (TPSA) is 59.8 Å². The molecule has 1 atom stereocenters. The van der Waals surface area contributed by atoms with E-state index in [0.717, 1.165) is 16.6 Å². The zero-order valence-corrected chi connectivity index (χ0v) is 10.1. The molecule has 19 heavy (non-hydrogen) atoms. The summed E-state index contributed by atoms with van der Waals surface area (Å²) in [6.07, 6.45) is 0.319. The third-order valence-corrected chi connectivity index (χ3v) is 2.96. The Morgan fingerprint density at radius 2 is 1.79 bits per heavy atom. The summed E-state index contributed by atoms with van der Waals surface area (Å²) in [4.78, 5) is 10.8. The van der Waals surface area contributed by atoms with Gasteiger partial charge in [-0.15, -0.1) is 5.10 Å². The van der Waals surface area contributed by atoms with E-state index < -0.39 is 0 Å². The number of benzene rings is 2. The number of hydrogen-bond donors (Lipinski definition) is 1. The standard InChI is InChI=1S/C14H12N4O/c19-10-15-14(11-6-2-1-3-7-11)18-13-9-5-4-8-12(13)16-17-18/h1-10,14H,(H,15,19)/t14-/m1/s1. The van der Waals surface area contributed by atoms with E-state index in [0.29, 0.717) is 6.41 Å². The number of fused-ring (bicyclic) bond motifs is 1. The van der Waals surface area contributed by atoms with E-state index in [1.165, 1.54) is 0 Å². The smallest absolute Gasteiger partial charge is 0.209 e. The van der Waals surface area contributed by atoms with Crippen LogP contribution in [0.25, 0.3) is 11.0 Å². The minimum absolute atomic E-state index is 0.355. The van der Waals surface area contributed by atoms with Crippen molar-refractivity contribution in [2.75, 3.05) is 0 Å². The predicted molar refractivity (Wildman–Crippen MR) is 71.3 cm³/mol. The maximum atomic E-state index is 10.8. The molecule has 1 aromatic heterocycles. The Bertz CT molecular complexity index is 693. The fraction of sp³-hybridized carbons (Fsp3) is 0.0714. The molecule has 0 unspecified atom stereocenters. The summed E-state index contributed by atoms with van der Waals surface area (Å²) in [7, 11) is 0. The minimum atomic E-state index is -0.355. The van der Waals surface area contributed by atoms with Gasteiger partial charge in [0.15, 0.2) is 6.17 Å². The largest absolute Gasteiger partial charge is 0.333 e. The molecule has 0 saturated heterocycles. The van der Waals surface area contributed by atoms with E-state index in [4.69, 9.17) is 0 Å². The van der Waals surface area contributed by atoms with Gasteiger partial charge in [-0.1, -0.05) is 47.7 Å². The number of nitrogens with zero attached hydrogens (tertiary/aromatic N) is 3. The first-order valence-electron chi connectivity index (χ1n) is 5.95. The second kappa shape index (κ2) is 4.89. The molecule has 1 heterocycles. The molecule has 0 spiro atoms. The minimum Gasteiger partial charge on any atom is -0.333 e. The number of carbonyl (C=O) groups excluding carboxylic acids is 1. The van der Waals surface area contributed by atoms with Gasteiger partial charge < -0.3 is 5.32 Å². The van der Waals surface area contributed by atoms with Crippen molar-refractivity contribution >= 4 is 17.4 Å². The summed E-state index contributed by atoms with van der Waals surface area (Å²) in [5.74, 6) is 0. The predicted octanol–water partition coefficient (Wildman–Crippen LogP) is 1.72. The van der Waals surface area contributed by atoms with Gasteiger partial charge in [-0.2, -0.15) is 0 Å². The Hall–Kier alpha value is -2.69. The number of amides is 1. The molecule has 1 N–H and O–H groups in total. The maximum Gasteiger partial charge on any atom is 0.209 e. The molecule has 0 aliphatic heterocycles. The van der Waals surface area contributed by atoms with E-state index >= 15 is 0 Å². The van der Waals surface area contributed by atoms with E-state index in [1.54, 1.807) is 4.68 Å². The Morgan fingerprint density at radius 3 is 2.58 bits per heavy atom. The molecular weight excluding hydrogens is 240 g/mol. The SMILES string of the molecule is O=CN[C@@H](c1ccccc1)n1nnc2ccccc21.